The molecule has 1 rings (SSSR count). The summed E-state index contributed by atoms with van der Waals surface area (Å²) in [5.41, 5.74) is 8.38. The van der Waals surface area contributed by atoms with Crippen molar-refractivity contribution in [2.24, 2.45) is 5.73 Å². The number of carbonyl (C=O) groups excluding carboxylic acids is 2. The smallest absolute Gasteiger partial charge is 0.268 e. The van der Waals surface area contributed by atoms with Crippen molar-refractivity contribution < 1.29 is 9.59 Å². The van der Waals surface area contributed by atoms with E-state index < -0.39 is 5.91 Å². The molecule has 0 saturated carbocycles. The summed E-state index contributed by atoms with van der Waals surface area (Å²) in [5.74, 6) is -0.604. The molecule has 0 spiro atoms. The van der Waals surface area contributed by atoms with E-state index in [-0.39, 0.29) is 5.91 Å². The summed E-state index contributed by atoms with van der Waals surface area (Å²) in [7, 11) is 0. The van der Waals surface area contributed by atoms with Crippen LogP contribution < -0.4 is 11.1 Å². The molecule has 0 aliphatic carbocycles. The van der Waals surface area contributed by atoms with Crippen LogP contribution in [0.5, 0.6) is 0 Å². The zero-order chi connectivity index (χ0) is 14.6. The highest BCUT2D eigenvalue weighted by atomic mass is 16.2. The summed E-state index contributed by atoms with van der Waals surface area (Å²) >= 11 is 0. The maximum absolute atomic E-state index is 12.2. The fourth-order valence-electron chi connectivity index (χ4n) is 2.59. The Morgan fingerprint density at radius 2 is 1.58 bits per heavy atom. The van der Waals surface area contributed by atoms with Gasteiger partial charge in [-0.15, -0.1) is 0 Å². The van der Waals surface area contributed by atoms with Gasteiger partial charge in [-0.2, -0.15) is 0 Å². The van der Waals surface area contributed by atoms with Gasteiger partial charge in [0.05, 0.1) is 0 Å². The lowest BCUT2D eigenvalue weighted by Gasteiger charge is -2.10. The summed E-state index contributed by atoms with van der Waals surface area (Å²) in [6.45, 7) is 8.86. The van der Waals surface area contributed by atoms with Crippen LogP contribution in [-0.2, 0) is 19.4 Å². The first-order valence-electron chi connectivity index (χ1n) is 6.85. The van der Waals surface area contributed by atoms with Gasteiger partial charge in [0.15, 0.2) is 0 Å². The highest BCUT2D eigenvalue weighted by Crippen LogP contribution is 2.24. The number of carbonyl (C=O) groups is 2. The lowest BCUT2D eigenvalue weighted by molar-refractivity contribution is 0.0945. The highest BCUT2D eigenvalue weighted by molar-refractivity contribution is 6.00. The zero-order valence-corrected chi connectivity index (χ0v) is 12.2. The van der Waals surface area contributed by atoms with Gasteiger partial charge in [-0.25, -0.2) is 0 Å². The third-order valence-electron chi connectivity index (χ3n) is 3.28. The average Bonchev–Trinajstić information content (AvgIpc) is 2.71. The number of hydrogen-bond donors (Lipinski definition) is 2. The molecule has 0 saturated heterocycles. The van der Waals surface area contributed by atoms with Crippen LogP contribution in [0.1, 0.15) is 59.8 Å². The molecular formula is C14H23N3O2. The van der Waals surface area contributed by atoms with E-state index in [0.29, 0.717) is 37.3 Å². The minimum atomic E-state index is -0.469. The van der Waals surface area contributed by atoms with E-state index in [1.54, 1.807) is 4.57 Å². The SMILES string of the molecule is CCNC(=O)c1c(CC)c(CC)c(C(N)=O)n1CC. The number of nitrogens with one attached hydrogen (secondary N) is 1. The van der Waals surface area contributed by atoms with Crippen LogP contribution in [0.4, 0.5) is 0 Å². The van der Waals surface area contributed by atoms with Crippen molar-refractivity contribution in [2.45, 2.75) is 47.1 Å². The van der Waals surface area contributed by atoms with E-state index in [4.69, 9.17) is 5.73 Å². The monoisotopic (exact) mass is 265 g/mol. The topological polar surface area (TPSA) is 77.1 Å². The van der Waals surface area contributed by atoms with Gasteiger partial charge in [-0.1, -0.05) is 13.8 Å². The fraction of sp³-hybridized carbons (Fsp3) is 0.571. The number of nitrogens with zero attached hydrogens (tertiary/aromatic N) is 1. The number of nitrogens with two attached hydrogens (primary N) is 1. The van der Waals surface area contributed by atoms with Gasteiger partial charge < -0.3 is 15.6 Å². The minimum Gasteiger partial charge on any atom is -0.364 e. The molecule has 3 N–H and O–H groups in total. The molecule has 0 aliphatic rings. The van der Waals surface area contributed by atoms with Crippen LogP contribution in [-0.4, -0.2) is 22.9 Å². The van der Waals surface area contributed by atoms with Gasteiger partial charge >= 0.3 is 0 Å². The molecule has 0 bridgehead atoms. The van der Waals surface area contributed by atoms with Crippen LogP contribution in [0.15, 0.2) is 0 Å². The second-order valence-corrected chi connectivity index (χ2v) is 4.33. The number of primary amides is 1. The van der Waals surface area contributed by atoms with Crippen molar-refractivity contribution in [3.63, 3.8) is 0 Å². The van der Waals surface area contributed by atoms with Crippen LogP contribution in [0.2, 0.25) is 0 Å². The van der Waals surface area contributed by atoms with Gasteiger partial charge in [-0.3, -0.25) is 9.59 Å². The van der Waals surface area contributed by atoms with Gasteiger partial charge in [0.2, 0.25) is 0 Å². The van der Waals surface area contributed by atoms with Crippen LogP contribution in [0.3, 0.4) is 0 Å². The van der Waals surface area contributed by atoms with Crippen molar-refractivity contribution >= 4 is 11.8 Å². The predicted octanol–water partition coefficient (Wildman–Crippen LogP) is 1.48. The molecule has 5 nitrogen and oxygen atoms in total. The molecule has 1 aromatic rings. The molecule has 0 unspecified atom stereocenters. The third kappa shape index (κ3) is 2.64. The van der Waals surface area contributed by atoms with Crippen LogP contribution in [0.25, 0.3) is 0 Å². The Morgan fingerprint density at radius 1 is 1.05 bits per heavy atom. The van der Waals surface area contributed by atoms with Crippen LogP contribution >= 0.6 is 0 Å². The lowest BCUT2D eigenvalue weighted by Crippen LogP contribution is -2.28. The van der Waals surface area contributed by atoms with Crippen molar-refractivity contribution in [2.75, 3.05) is 6.54 Å². The summed E-state index contributed by atoms with van der Waals surface area (Å²) in [4.78, 5) is 23.9. The number of amides is 2. The molecule has 0 radical (unpaired) electrons. The lowest BCUT2D eigenvalue weighted by atomic mass is 10.0. The summed E-state index contributed by atoms with van der Waals surface area (Å²) in [6, 6.07) is 0. The Labute approximate surface area is 114 Å². The molecule has 0 fully saturated rings. The predicted molar refractivity (Wildman–Crippen MR) is 75.4 cm³/mol. The molecule has 106 valence electrons. The summed E-state index contributed by atoms with van der Waals surface area (Å²) in [5, 5.41) is 2.80. The first kappa shape index (κ1) is 15.3. The second-order valence-electron chi connectivity index (χ2n) is 4.33. The second kappa shape index (κ2) is 6.41. The van der Waals surface area contributed by atoms with E-state index in [1.165, 1.54) is 0 Å². The van der Waals surface area contributed by atoms with Gasteiger partial charge in [-0.05, 0) is 37.8 Å². The van der Waals surface area contributed by atoms with Gasteiger partial charge in [0, 0.05) is 13.1 Å². The van der Waals surface area contributed by atoms with E-state index >= 15 is 0 Å². The van der Waals surface area contributed by atoms with E-state index in [2.05, 4.69) is 5.32 Å². The quantitative estimate of drug-likeness (QED) is 0.817. The Balaban J connectivity index is 3.59. The maximum Gasteiger partial charge on any atom is 0.268 e. The van der Waals surface area contributed by atoms with Crippen molar-refractivity contribution in [1.29, 1.82) is 0 Å². The third-order valence-corrected chi connectivity index (χ3v) is 3.28. The number of aromatic nitrogens is 1. The van der Waals surface area contributed by atoms with Crippen molar-refractivity contribution in [3.05, 3.63) is 22.5 Å². The molecule has 1 heterocycles. The summed E-state index contributed by atoms with van der Waals surface area (Å²) < 4.78 is 1.74. The molecule has 5 heteroatoms. The Hall–Kier alpha value is -1.78. The average molecular weight is 265 g/mol. The standard InChI is InChI=1S/C14H23N3O2/c1-5-9-10(6-2)12(14(19)16-7-3)17(8-4)11(9)13(15)18/h5-8H2,1-4H3,(H2,15,18)(H,16,19). The normalized spacial score (nSPS) is 10.5. The Morgan fingerprint density at radius 3 is 1.95 bits per heavy atom. The first-order chi connectivity index (χ1) is 9.03. The molecule has 0 aliphatic heterocycles. The van der Waals surface area contributed by atoms with E-state index in [9.17, 15) is 9.59 Å². The maximum atomic E-state index is 12.2. The largest absolute Gasteiger partial charge is 0.364 e. The first-order valence-corrected chi connectivity index (χ1v) is 6.85. The fourth-order valence-corrected chi connectivity index (χ4v) is 2.59. The molecule has 19 heavy (non-hydrogen) atoms. The highest BCUT2D eigenvalue weighted by Gasteiger charge is 2.26. The molecule has 2 amide bonds. The zero-order valence-electron chi connectivity index (χ0n) is 12.2. The number of rotatable bonds is 6. The summed E-state index contributed by atoms with van der Waals surface area (Å²) in [6.07, 6.45) is 1.41. The number of hydrogen-bond acceptors (Lipinski definition) is 2. The molecule has 1 aromatic heterocycles. The van der Waals surface area contributed by atoms with E-state index in [1.807, 2.05) is 27.7 Å². The van der Waals surface area contributed by atoms with Crippen molar-refractivity contribution in [1.82, 2.24) is 9.88 Å². The van der Waals surface area contributed by atoms with Gasteiger partial charge in [0.1, 0.15) is 11.4 Å². The Kier molecular flexibility index (Phi) is 5.15. The van der Waals surface area contributed by atoms with Gasteiger partial charge in [0.25, 0.3) is 11.8 Å². The van der Waals surface area contributed by atoms with Crippen molar-refractivity contribution in [3.8, 4) is 0 Å². The van der Waals surface area contributed by atoms with E-state index in [0.717, 1.165) is 11.1 Å². The molecule has 0 atom stereocenters. The molecule has 0 aromatic carbocycles. The minimum absolute atomic E-state index is 0.136. The molecular weight excluding hydrogens is 242 g/mol. The Bertz CT molecular complexity index is 489. The van der Waals surface area contributed by atoms with Crippen LogP contribution in [0, 0.1) is 0 Å².